The minimum Gasteiger partial charge on any atom is -0.497 e. The largest absolute Gasteiger partial charge is 0.497 e. The van der Waals surface area contributed by atoms with Crippen LogP contribution in [0.3, 0.4) is 0 Å². The lowest BCUT2D eigenvalue weighted by Gasteiger charge is -2.34. The highest BCUT2D eigenvalue weighted by Gasteiger charge is 2.46. The number of benzene rings is 2. The van der Waals surface area contributed by atoms with Crippen molar-refractivity contribution >= 4 is 23.4 Å². The number of amides is 1. The molecule has 0 saturated carbocycles. The first-order valence-electron chi connectivity index (χ1n) is 11.2. The van der Waals surface area contributed by atoms with E-state index in [4.69, 9.17) is 4.74 Å². The number of methoxy groups -OCH3 is 1. The van der Waals surface area contributed by atoms with Crippen molar-refractivity contribution in [2.45, 2.75) is 43.9 Å². The van der Waals surface area contributed by atoms with E-state index in [-0.39, 0.29) is 17.5 Å². The van der Waals surface area contributed by atoms with Gasteiger partial charge in [-0.05, 0) is 78.1 Å². The lowest BCUT2D eigenvalue weighted by Crippen LogP contribution is -2.43. The maximum absolute atomic E-state index is 14.0. The third-order valence-corrected chi connectivity index (χ3v) is 7.61. The van der Waals surface area contributed by atoms with Crippen molar-refractivity contribution in [3.8, 4) is 5.75 Å². The van der Waals surface area contributed by atoms with Crippen molar-refractivity contribution in [1.29, 1.82) is 0 Å². The highest BCUT2D eigenvalue weighted by atomic mass is 32.2. The Labute approximate surface area is 196 Å². The predicted molar refractivity (Wildman–Crippen MR) is 126 cm³/mol. The molecule has 2 aliphatic rings. The van der Waals surface area contributed by atoms with Crippen LogP contribution in [0.2, 0.25) is 0 Å². The molecule has 2 aromatic carbocycles. The van der Waals surface area contributed by atoms with Crippen molar-refractivity contribution in [3.63, 3.8) is 0 Å². The predicted octanol–water partition coefficient (Wildman–Crippen LogP) is 5.48. The molecule has 1 unspecified atom stereocenters. The summed E-state index contributed by atoms with van der Waals surface area (Å²) >= 11 is 1.74. The van der Waals surface area contributed by atoms with E-state index in [1.165, 1.54) is 30.3 Å². The molecule has 4 nitrogen and oxygen atoms in total. The molecule has 4 rings (SSSR count). The van der Waals surface area contributed by atoms with Crippen LogP contribution in [-0.2, 0) is 17.6 Å². The molecule has 2 aromatic rings. The number of hydrogen-bond acceptors (Lipinski definition) is 4. The van der Waals surface area contributed by atoms with Crippen LogP contribution in [0.4, 0.5) is 18.9 Å². The summed E-state index contributed by atoms with van der Waals surface area (Å²) in [4.78, 5) is 13.7. The molecule has 178 valence electrons. The molecule has 1 saturated heterocycles. The lowest BCUT2D eigenvalue weighted by atomic mass is 9.98. The fourth-order valence-electron chi connectivity index (χ4n) is 4.81. The summed E-state index contributed by atoms with van der Waals surface area (Å²) in [5.74, 6) is 1.71. The Morgan fingerprint density at radius 2 is 1.76 bits per heavy atom. The van der Waals surface area contributed by atoms with Crippen LogP contribution in [0.1, 0.15) is 35.6 Å². The monoisotopic (exact) mass is 478 g/mol. The number of nitrogens with zero attached hydrogens (tertiary/aromatic N) is 1. The third kappa shape index (κ3) is 5.42. The minimum atomic E-state index is -4.55. The molecule has 0 radical (unpaired) electrons. The minimum absolute atomic E-state index is 0.0773. The van der Waals surface area contributed by atoms with E-state index >= 15 is 0 Å². The van der Waals surface area contributed by atoms with E-state index in [0.717, 1.165) is 40.7 Å². The highest BCUT2D eigenvalue weighted by Crippen LogP contribution is 2.39. The Hall–Kier alpha value is -2.35. The molecule has 1 aliphatic carbocycles. The summed E-state index contributed by atoms with van der Waals surface area (Å²) in [7, 11) is 2.92. The number of ether oxygens (including phenoxy) is 1. The van der Waals surface area contributed by atoms with Crippen LogP contribution in [0.5, 0.6) is 5.75 Å². The number of hydrogen-bond donors (Lipinski definition) is 1. The first-order chi connectivity index (χ1) is 15.8. The van der Waals surface area contributed by atoms with Gasteiger partial charge in [0.15, 0.2) is 6.04 Å². The number of thioether (sulfide) groups is 1. The Kier molecular flexibility index (Phi) is 7.12. The Morgan fingerprint density at radius 3 is 2.39 bits per heavy atom. The van der Waals surface area contributed by atoms with Gasteiger partial charge in [-0.1, -0.05) is 18.2 Å². The molecular weight excluding hydrogens is 449 g/mol. The van der Waals surface area contributed by atoms with Gasteiger partial charge >= 0.3 is 6.18 Å². The summed E-state index contributed by atoms with van der Waals surface area (Å²) in [6, 6.07) is 10.6. The second kappa shape index (κ2) is 9.87. The molecular formula is C25H29F3N2O2S. The number of nitrogens with one attached hydrogen (secondary N) is 1. The molecule has 0 spiro atoms. The molecule has 1 N–H and O–H groups in total. The summed E-state index contributed by atoms with van der Waals surface area (Å²) in [6.45, 7) is 0. The molecule has 33 heavy (non-hydrogen) atoms. The number of fused-ring (bicyclic) bond motifs is 1. The molecule has 1 aliphatic heterocycles. The van der Waals surface area contributed by atoms with Gasteiger partial charge in [0.1, 0.15) is 5.75 Å². The van der Waals surface area contributed by atoms with E-state index in [2.05, 4.69) is 11.4 Å². The molecule has 1 heterocycles. The average molecular weight is 479 g/mol. The van der Waals surface area contributed by atoms with E-state index in [1.807, 2.05) is 12.1 Å². The second-order valence-corrected chi connectivity index (χ2v) is 10.0. The van der Waals surface area contributed by atoms with Gasteiger partial charge in [0, 0.05) is 24.7 Å². The first kappa shape index (κ1) is 23.8. The molecule has 0 bridgehead atoms. The number of carbonyl (C=O) groups is 1. The SMILES string of the molecule is COc1ccc2c(c1)CC(Nc1ccc([C@H](N(C)C(=O)C3CCSCC3)C(F)(F)F)cc1)C2. The van der Waals surface area contributed by atoms with Gasteiger partial charge < -0.3 is 15.0 Å². The smallest absolute Gasteiger partial charge is 0.413 e. The van der Waals surface area contributed by atoms with Crippen LogP contribution < -0.4 is 10.1 Å². The van der Waals surface area contributed by atoms with Gasteiger partial charge in [-0.15, -0.1) is 0 Å². The van der Waals surface area contributed by atoms with E-state index < -0.39 is 18.1 Å². The standard InChI is InChI=1S/C25H29F3N2O2S/c1-30(24(31)17-9-11-33-12-10-17)23(25(26,27)28)16-3-6-20(7-4-16)29-21-13-18-5-8-22(32-2)15-19(18)14-21/h3-8,15,17,21,23,29H,9-14H2,1-2H3/t21?,23-/m0/s1. The number of alkyl halides is 3. The number of anilines is 1. The molecule has 8 heteroatoms. The number of halogens is 3. The van der Waals surface area contributed by atoms with Crippen molar-refractivity contribution < 1.29 is 22.7 Å². The Morgan fingerprint density at radius 1 is 1.09 bits per heavy atom. The van der Waals surface area contributed by atoms with Crippen LogP contribution in [-0.4, -0.2) is 48.7 Å². The van der Waals surface area contributed by atoms with Crippen molar-refractivity contribution in [2.24, 2.45) is 5.92 Å². The molecule has 0 aromatic heterocycles. The molecule has 1 fully saturated rings. The van der Waals surface area contributed by atoms with E-state index in [9.17, 15) is 18.0 Å². The second-order valence-electron chi connectivity index (χ2n) is 8.79. The van der Waals surface area contributed by atoms with E-state index in [0.29, 0.717) is 12.8 Å². The van der Waals surface area contributed by atoms with Crippen LogP contribution >= 0.6 is 11.8 Å². The quantitative estimate of drug-likeness (QED) is 0.597. The lowest BCUT2D eigenvalue weighted by molar-refractivity contribution is -0.190. The van der Waals surface area contributed by atoms with Gasteiger partial charge in [0.2, 0.25) is 5.91 Å². The fraction of sp³-hybridized carbons (Fsp3) is 0.480. The van der Waals surface area contributed by atoms with E-state index in [1.54, 1.807) is 31.0 Å². The van der Waals surface area contributed by atoms with Crippen LogP contribution in [0, 0.1) is 5.92 Å². The van der Waals surface area contributed by atoms with Gasteiger partial charge in [-0.2, -0.15) is 24.9 Å². The van der Waals surface area contributed by atoms with Crippen molar-refractivity contribution in [3.05, 3.63) is 59.2 Å². The van der Waals surface area contributed by atoms with Gasteiger partial charge in [0.05, 0.1) is 7.11 Å². The summed E-state index contributed by atoms with van der Waals surface area (Å²) in [6.07, 6.45) is -1.59. The maximum atomic E-state index is 14.0. The van der Waals surface area contributed by atoms with Gasteiger partial charge in [-0.3, -0.25) is 4.79 Å². The van der Waals surface area contributed by atoms with Crippen molar-refractivity contribution in [1.82, 2.24) is 4.90 Å². The van der Waals surface area contributed by atoms with Gasteiger partial charge in [-0.25, -0.2) is 0 Å². The normalized spacial score (nSPS) is 19.6. The zero-order chi connectivity index (χ0) is 23.6. The maximum Gasteiger partial charge on any atom is 0.413 e. The number of carbonyl (C=O) groups excluding carboxylic acids is 1. The molecule has 1 amide bonds. The fourth-order valence-corrected chi connectivity index (χ4v) is 5.92. The van der Waals surface area contributed by atoms with Gasteiger partial charge in [0.25, 0.3) is 0 Å². The third-order valence-electron chi connectivity index (χ3n) is 6.56. The summed E-state index contributed by atoms with van der Waals surface area (Å²) in [5, 5.41) is 3.43. The van der Waals surface area contributed by atoms with Crippen molar-refractivity contribution in [2.75, 3.05) is 31.0 Å². The van der Waals surface area contributed by atoms with Crippen LogP contribution in [0.25, 0.3) is 0 Å². The summed E-state index contributed by atoms with van der Waals surface area (Å²) < 4.78 is 47.3. The highest BCUT2D eigenvalue weighted by molar-refractivity contribution is 7.99. The summed E-state index contributed by atoms with van der Waals surface area (Å²) in [5.41, 5.74) is 3.32. The Balaban J connectivity index is 1.45. The Bertz CT molecular complexity index is 975. The molecule has 2 atom stereocenters. The van der Waals surface area contributed by atoms with Crippen LogP contribution in [0.15, 0.2) is 42.5 Å². The first-order valence-corrected chi connectivity index (χ1v) is 12.3. The zero-order valence-corrected chi connectivity index (χ0v) is 19.6. The number of rotatable bonds is 6. The zero-order valence-electron chi connectivity index (χ0n) is 18.8. The average Bonchev–Trinajstić information content (AvgIpc) is 3.20. The topological polar surface area (TPSA) is 41.6 Å².